The fourth-order valence-corrected chi connectivity index (χ4v) is 12.1. The summed E-state index contributed by atoms with van der Waals surface area (Å²) in [6.45, 7) is 9.58. The van der Waals surface area contributed by atoms with Crippen LogP contribution in [0.15, 0.2) is 224 Å². The van der Waals surface area contributed by atoms with Crippen molar-refractivity contribution in [3.63, 3.8) is 0 Å². The molecule has 0 aliphatic heterocycles. The number of hydrogen-bond acceptors (Lipinski definition) is 4. The van der Waals surface area contributed by atoms with Crippen molar-refractivity contribution in [1.82, 2.24) is 0 Å². The van der Waals surface area contributed by atoms with Crippen molar-refractivity contribution in [1.29, 1.82) is 0 Å². The van der Waals surface area contributed by atoms with Crippen LogP contribution < -0.4 is 19.1 Å². The summed E-state index contributed by atoms with van der Waals surface area (Å²) < 4.78 is 19.3. The first-order valence-corrected chi connectivity index (χ1v) is 26.8. The monoisotopic (exact) mass is 985 g/mol. The van der Waals surface area contributed by atoms with Crippen LogP contribution in [0.5, 0.6) is 17.2 Å². The second-order valence-corrected chi connectivity index (χ2v) is 20.7. The van der Waals surface area contributed by atoms with Gasteiger partial charge in [-0.1, -0.05) is 185 Å². The highest BCUT2D eigenvalue weighted by Crippen LogP contribution is 2.57. The number of nitrogens with zero attached hydrogens (tertiary/aromatic N) is 1. The van der Waals surface area contributed by atoms with Crippen LogP contribution in [0.1, 0.15) is 63.1 Å². The molecule has 0 amide bonds. The van der Waals surface area contributed by atoms with Gasteiger partial charge in [-0.2, -0.15) is 0 Å². The molecule has 0 saturated heterocycles. The fraction of sp³-hybridized carbons (Fsp3) is 0.139. The molecule has 13 aromatic carbocycles. The van der Waals surface area contributed by atoms with Crippen molar-refractivity contribution in [3.05, 3.63) is 241 Å². The number of ether oxygens (including phenoxy) is 3. The molecule has 4 heteroatoms. The first-order valence-electron chi connectivity index (χ1n) is 26.8. The van der Waals surface area contributed by atoms with Gasteiger partial charge in [-0.15, -0.1) is 0 Å². The van der Waals surface area contributed by atoms with Gasteiger partial charge in [-0.25, -0.2) is 0 Å². The van der Waals surface area contributed by atoms with Crippen molar-refractivity contribution in [2.45, 2.75) is 52.1 Å². The Balaban J connectivity index is 1.09. The lowest BCUT2D eigenvalue weighted by molar-refractivity contribution is 0.134. The summed E-state index contributed by atoms with van der Waals surface area (Å²) in [5.41, 5.74) is 10.8. The Bertz CT molecular complexity index is 4090. The van der Waals surface area contributed by atoms with E-state index in [1.165, 1.54) is 87.1 Å². The van der Waals surface area contributed by atoms with Crippen LogP contribution in [0.4, 0.5) is 17.1 Å². The number of hydrogen-bond donors (Lipinski definition) is 0. The van der Waals surface area contributed by atoms with E-state index in [9.17, 15) is 0 Å². The van der Waals surface area contributed by atoms with Gasteiger partial charge in [0.25, 0.3) is 0 Å². The predicted molar refractivity (Wildman–Crippen MR) is 320 cm³/mol. The quantitative estimate of drug-likeness (QED) is 0.0958. The number of unbranched alkanes of at least 4 members (excludes halogenated alkanes) is 1. The summed E-state index contributed by atoms with van der Waals surface area (Å²) >= 11 is 0. The Morgan fingerprint density at radius 1 is 0.434 bits per heavy atom. The lowest BCUT2D eigenvalue weighted by atomic mass is 9.87. The number of anilines is 3. The molecule has 0 heterocycles. The Labute approximate surface area is 445 Å². The van der Waals surface area contributed by atoms with Gasteiger partial charge in [0.15, 0.2) is 5.60 Å². The van der Waals surface area contributed by atoms with Gasteiger partial charge in [0.2, 0.25) is 0 Å². The average Bonchev–Trinajstić information content (AvgIpc) is 4.18. The van der Waals surface area contributed by atoms with Gasteiger partial charge >= 0.3 is 0 Å². The zero-order valence-corrected chi connectivity index (χ0v) is 43.7. The van der Waals surface area contributed by atoms with Gasteiger partial charge in [-0.3, -0.25) is 0 Å². The highest BCUT2D eigenvalue weighted by Gasteiger charge is 2.34. The molecule has 0 N–H and O–H groups in total. The average molecular weight is 986 g/mol. The Kier molecular flexibility index (Phi) is 11.8. The number of rotatable bonds is 15. The van der Waals surface area contributed by atoms with Crippen LogP contribution >= 0.6 is 0 Å². The number of benzene rings is 11. The summed E-state index contributed by atoms with van der Waals surface area (Å²) in [4.78, 5) is 2.41. The molecule has 13 rings (SSSR count). The van der Waals surface area contributed by atoms with Gasteiger partial charge < -0.3 is 19.1 Å². The topological polar surface area (TPSA) is 30.9 Å². The fourth-order valence-electron chi connectivity index (χ4n) is 12.1. The summed E-state index contributed by atoms with van der Waals surface area (Å²) in [5.74, 6) is 2.95. The second-order valence-electron chi connectivity index (χ2n) is 20.7. The van der Waals surface area contributed by atoms with Gasteiger partial charge in [0.1, 0.15) is 17.2 Å². The van der Waals surface area contributed by atoms with Crippen molar-refractivity contribution < 1.29 is 14.2 Å². The van der Waals surface area contributed by atoms with Crippen molar-refractivity contribution in [2.75, 3.05) is 18.6 Å². The molecule has 1 unspecified atom stereocenters. The maximum atomic E-state index is 7.53. The van der Waals surface area contributed by atoms with E-state index < -0.39 is 5.60 Å². The molecule has 370 valence electrons. The number of methoxy groups -OCH3 is 1. The van der Waals surface area contributed by atoms with Gasteiger partial charge in [-0.05, 0) is 173 Å². The molecule has 0 fully saturated rings. The first kappa shape index (κ1) is 46.9. The van der Waals surface area contributed by atoms with Crippen LogP contribution in [0.25, 0.3) is 86.9 Å². The zero-order chi connectivity index (χ0) is 51.5. The minimum atomic E-state index is -0.818. The van der Waals surface area contributed by atoms with E-state index in [2.05, 4.69) is 257 Å². The third-order valence-electron chi connectivity index (χ3n) is 15.9. The molecular formula is C72H59NO3. The van der Waals surface area contributed by atoms with Gasteiger partial charge in [0.05, 0.1) is 19.4 Å². The molecule has 0 saturated carbocycles. The minimum Gasteiger partial charge on any atom is -0.497 e. The lowest BCUT2D eigenvalue weighted by Crippen LogP contribution is -2.31. The summed E-state index contributed by atoms with van der Waals surface area (Å²) in [6.07, 6.45) is 2.11. The van der Waals surface area contributed by atoms with Gasteiger partial charge in [0, 0.05) is 27.5 Å². The molecule has 0 aromatic heterocycles. The normalized spacial score (nSPS) is 12.7. The summed E-state index contributed by atoms with van der Waals surface area (Å²) in [7, 11) is 1.72. The summed E-state index contributed by atoms with van der Waals surface area (Å²) in [6, 6.07) is 81.8. The van der Waals surface area contributed by atoms with Crippen molar-refractivity contribution >= 4 is 81.7 Å². The van der Waals surface area contributed by atoms with E-state index in [1.54, 1.807) is 7.11 Å². The molecule has 0 aliphatic carbocycles. The lowest BCUT2D eigenvalue weighted by Gasteiger charge is -2.32. The van der Waals surface area contributed by atoms with E-state index in [-0.39, 0.29) is 0 Å². The Morgan fingerprint density at radius 2 is 0.908 bits per heavy atom. The van der Waals surface area contributed by atoms with E-state index in [0.29, 0.717) is 12.5 Å². The molecule has 4 nitrogen and oxygen atoms in total. The van der Waals surface area contributed by atoms with E-state index in [4.69, 9.17) is 14.2 Å². The molecule has 0 spiro atoms. The van der Waals surface area contributed by atoms with Crippen LogP contribution in [0.3, 0.4) is 0 Å². The van der Waals surface area contributed by atoms with E-state index in [1.807, 2.05) is 0 Å². The van der Waals surface area contributed by atoms with Crippen molar-refractivity contribution in [2.24, 2.45) is 0 Å². The zero-order valence-electron chi connectivity index (χ0n) is 43.7. The van der Waals surface area contributed by atoms with Crippen LogP contribution in [0.2, 0.25) is 0 Å². The van der Waals surface area contributed by atoms with Crippen molar-refractivity contribution in [3.8, 4) is 39.5 Å². The third kappa shape index (κ3) is 7.65. The smallest absolute Gasteiger partial charge is 0.156 e. The minimum absolute atomic E-state index is 0.423. The molecule has 76 heavy (non-hydrogen) atoms. The number of fused-ring (bicyclic) bond motifs is 6. The SMILES string of the molecule is CCCCOc1ccc(C(C)(Oc2ccc3c4c(-c5ccccc5)c5c6cccc7c(N(c8ccc(OC)cc8)c8ccc(C(C)C)cc8)ccc(c5c(-c5ccccc5)c4c4cccc2c34)c76)c2ccccc2)cc1. The van der Waals surface area contributed by atoms with E-state index >= 15 is 0 Å². The molecule has 0 aliphatic rings. The largest absolute Gasteiger partial charge is 0.497 e. The highest BCUT2D eigenvalue weighted by atomic mass is 16.5. The second kappa shape index (κ2) is 19.1. The molecular weight excluding hydrogens is 927 g/mol. The predicted octanol–water partition coefficient (Wildman–Crippen LogP) is 19.9. The standard InChI is InChI=1S/C72H59NO3/c1-6-7-45-75-55-37-31-51(32-38-55)72(4,50-23-15-10-16-24-50)76-63-44-42-61-67-57(63)26-18-28-59(67)69-65(49-21-13-9-14-22-49)70-60-41-43-62(73(53-35-39-54(74-5)40-36-53)52-33-29-47(30-34-52)46(2)3)56-25-17-27-58(66(56)60)68(70)64(71(61)69)48-19-11-8-12-20-48/h8-44,46H,6-7,45H2,1-5H3. The Morgan fingerprint density at radius 3 is 1.46 bits per heavy atom. The maximum absolute atomic E-state index is 7.53. The van der Waals surface area contributed by atoms with Crippen LogP contribution in [0, 0.1) is 0 Å². The van der Waals surface area contributed by atoms with Crippen LogP contribution in [-0.4, -0.2) is 13.7 Å². The highest BCUT2D eigenvalue weighted by molar-refractivity contribution is 6.47. The summed E-state index contributed by atoms with van der Waals surface area (Å²) in [5, 5.41) is 14.7. The molecule has 0 bridgehead atoms. The van der Waals surface area contributed by atoms with E-state index in [0.717, 1.165) is 63.7 Å². The maximum Gasteiger partial charge on any atom is 0.156 e. The first-order chi connectivity index (χ1) is 37.3. The molecule has 0 radical (unpaired) electrons. The third-order valence-corrected chi connectivity index (χ3v) is 15.9. The molecule has 13 aromatic rings. The van der Waals surface area contributed by atoms with Crippen LogP contribution in [-0.2, 0) is 5.60 Å². The molecule has 1 atom stereocenters. The Hall–Kier alpha value is -8.86.